The lowest BCUT2D eigenvalue weighted by Crippen LogP contribution is -2.03. The highest BCUT2D eigenvalue weighted by molar-refractivity contribution is 6.34. The Morgan fingerprint density at radius 1 is 0.875 bits per heavy atom. The number of carbonyl (C=O) groups is 1. The minimum absolute atomic E-state index is 0.143. The largest absolute Gasteiger partial charge is 0.416 e. The SMILES string of the molecule is O=C1Nc2ccccc2/C1=C\c1ccc2c(/C=C/c3ccc(C(F)(F)F)cc3)n[nH]c2c1. The molecule has 0 unspecified atom stereocenters. The fourth-order valence-corrected chi connectivity index (χ4v) is 3.68. The molecule has 0 saturated carbocycles. The van der Waals surface area contributed by atoms with Crippen LogP contribution in [0.3, 0.4) is 0 Å². The minimum Gasteiger partial charge on any atom is -0.321 e. The van der Waals surface area contributed by atoms with Crippen LogP contribution < -0.4 is 5.32 Å². The Morgan fingerprint density at radius 2 is 1.62 bits per heavy atom. The lowest BCUT2D eigenvalue weighted by Gasteiger charge is -2.05. The van der Waals surface area contributed by atoms with Crippen LogP contribution in [-0.4, -0.2) is 16.1 Å². The molecule has 1 aromatic heterocycles. The summed E-state index contributed by atoms with van der Waals surface area (Å²) in [5, 5.41) is 11.0. The van der Waals surface area contributed by atoms with E-state index in [1.54, 1.807) is 12.2 Å². The summed E-state index contributed by atoms with van der Waals surface area (Å²) in [5.41, 5.74) is 4.52. The molecule has 0 radical (unpaired) electrons. The third kappa shape index (κ3) is 3.69. The number of hydrogen-bond acceptors (Lipinski definition) is 2. The van der Waals surface area contributed by atoms with Gasteiger partial charge in [0.1, 0.15) is 0 Å². The first-order chi connectivity index (χ1) is 15.4. The molecule has 0 spiro atoms. The Hall–Kier alpha value is -4.13. The molecular formula is C25H16F3N3O. The maximum absolute atomic E-state index is 12.7. The van der Waals surface area contributed by atoms with E-state index in [0.717, 1.165) is 39.8 Å². The van der Waals surface area contributed by atoms with Crippen LogP contribution in [0.1, 0.15) is 27.9 Å². The Balaban J connectivity index is 1.41. The number of fused-ring (bicyclic) bond motifs is 2. The molecule has 5 rings (SSSR count). The van der Waals surface area contributed by atoms with Crippen molar-refractivity contribution in [2.75, 3.05) is 5.32 Å². The van der Waals surface area contributed by atoms with Crippen molar-refractivity contribution in [1.82, 2.24) is 10.2 Å². The molecule has 158 valence electrons. The second kappa shape index (κ2) is 7.53. The second-order valence-electron chi connectivity index (χ2n) is 7.42. The Morgan fingerprint density at radius 3 is 2.41 bits per heavy atom. The van der Waals surface area contributed by atoms with Gasteiger partial charge in [0.05, 0.1) is 16.8 Å². The predicted molar refractivity (Wildman–Crippen MR) is 119 cm³/mol. The van der Waals surface area contributed by atoms with Crippen LogP contribution in [0.25, 0.3) is 34.7 Å². The van der Waals surface area contributed by atoms with Crippen molar-refractivity contribution < 1.29 is 18.0 Å². The quantitative estimate of drug-likeness (QED) is 0.377. The first-order valence-corrected chi connectivity index (χ1v) is 9.84. The number of H-pyrrole nitrogens is 1. The topological polar surface area (TPSA) is 57.8 Å². The minimum atomic E-state index is -4.35. The van der Waals surface area contributed by atoms with E-state index in [1.165, 1.54) is 12.1 Å². The van der Waals surface area contributed by atoms with Gasteiger partial charge in [0, 0.05) is 22.2 Å². The summed E-state index contributed by atoms with van der Waals surface area (Å²) in [4.78, 5) is 12.3. The lowest BCUT2D eigenvalue weighted by atomic mass is 10.0. The maximum Gasteiger partial charge on any atom is 0.416 e. The molecule has 0 atom stereocenters. The van der Waals surface area contributed by atoms with Gasteiger partial charge >= 0.3 is 6.18 Å². The third-order valence-electron chi connectivity index (χ3n) is 5.31. The summed E-state index contributed by atoms with van der Waals surface area (Å²) >= 11 is 0. The summed E-state index contributed by atoms with van der Waals surface area (Å²) < 4.78 is 38.1. The maximum atomic E-state index is 12.7. The molecule has 2 heterocycles. The van der Waals surface area contributed by atoms with Gasteiger partial charge in [-0.05, 0) is 53.6 Å². The zero-order valence-corrected chi connectivity index (χ0v) is 16.6. The Kier molecular flexibility index (Phi) is 4.66. The molecule has 32 heavy (non-hydrogen) atoms. The van der Waals surface area contributed by atoms with Crippen molar-refractivity contribution in [3.05, 3.63) is 94.7 Å². The Labute approximate surface area is 181 Å². The van der Waals surface area contributed by atoms with E-state index in [1.807, 2.05) is 48.5 Å². The number of benzene rings is 3. The summed E-state index contributed by atoms with van der Waals surface area (Å²) in [6.45, 7) is 0. The molecule has 7 heteroatoms. The number of halogens is 3. The van der Waals surface area contributed by atoms with Crippen LogP contribution >= 0.6 is 0 Å². The van der Waals surface area contributed by atoms with Gasteiger partial charge in [0.25, 0.3) is 5.91 Å². The summed E-state index contributed by atoms with van der Waals surface area (Å²) in [5.74, 6) is -0.143. The van der Waals surface area contributed by atoms with Crippen LogP contribution in [0.4, 0.5) is 18.9 Å². The van der Waals surface area contributed by atoms with E-state index in [2.05, 4.69) is 15.5 Å². The highest BCUT2D eigenvalue weighted by Crippen LogP contribution is 2.33. The van der Waals surface area contributed by atoms with Crippen LogP contribution in [0, 0.1) is 0 Å². The van der Waals surface area contributed by atoms with E-state index in [0.29, 0.717) is 16.8 Å². The van der Waals surface area contributed by atoms with Gasteiger partial charge < -0.3 is 5.32 Å². The lowest BCUT2D eigenvalue weighted by molar-refractivity contribution is -0.137. The predicted octanol–water partition coefficient (Wildman–Crippen LogP) is 6.24. The summed E-state index contributed by atoms with van der Waals surface area (Å²) in [6, 6.07) is 18.2. The molecule has 1 aliphatic rings. The highest BCUT2D eigenvalue weighted by Gasteiger charge is 2.29. The van der Waals surface area contributed by atoms with E-state index in [4.69, 9.17) is 0 Å². The van der Waals surface area contributed by atoms with E-state index in [9.17, 15) is 18.0 Å². The number of anilines is 1. The van der Waals surface area contributed by atoms with Crippen molar-refractivity contribution in [2.24, 2.45) is 0 Å². The number of amides is 1. The van der Waals surface area contributed by atoms with Gasteiger partial charge in [-0.2, -0.15) is 18.3 Å². The number of aromatic amines is 1. The highest BCUT2D eigenvalue weighted by atomic mass is 19.4. The van der Waals surface area contributed by atoms with Gasteiger partial charge in [0.15, 0.2) is 0 Å². The van der Waals surface area contributed by atoms with Crippen molar-refractivity contribution in [3.8, 4) is 0 Å². The summed E-state index contributed by atoms with van der Waals surface area (Å²) in [6.07, 6.45) is 0.944. The van der Waals surface area contributed by atoms with E-state index in [-0.39, 0.29) is 5.91 Å². The molecule has 2 N–H and O–H groups in total. The number of hydrogen-bond donors (Lipinski definition) is 2. The van der Waals surface area contributed by atoms with Gasteiger partial charge in [-0.3, -0.25) is 9.89 Å². The van der Waals surface area contributed by atoms with Crippen LogP contribution in [0.5, 0.6) is 0 Å². The Bertz CT molecular complexity index is 1400. The zero-order valence-electron chi connectivity index (χ0n) is 16.6. The van der Waals surface area contributed by atoms with Crippen molar-refractivity contribution in [1.29, 1.82) is 0 Å². The van der Waals surface area contributed by atoms with Crippen molar-refractivity contribution >= 4 is 46.3 Å². The van der Waals surface area contributed by atoms with Crippen LogP contribution in [0.2, 0.25) is 0 Å². The molecule has 3 aromatic carbocycles. The van der Waals surface area contributed by atoms with Crippen LogP contribution in [0.15, 0.2) is 66.7 Å². The number of aromatic nitrogens is 2. The molecule has 0 saturated heterocycles. The first kappa shape index (κ1) is 19.8. The molecular weight excluding hydrogens is 415 g/mol. The first-order valence-electron chi connectivity index (χ1n) is 9.84. The van der Waals surface area contributed by atoms with Gasteiger partial charge in [0.2, 0.25) is 0 Å². The normalized spacial score (nSPS) is 15.0. The van der Waals surface area contributed by atoms with E-state index >= 15 is 0 Å². The van der Waals surface area contributed by atoms with Gasteiger partial charge in [-0.25, -0.2) is 0 Å². The monoisotopic (exact) mass is 431 g/mol. The standard InChI is InChI=1S/C25H16F3N3O/c26-25(27,28)17-9-5-15(6-10-17)8-12-22-19-11-7-16(14-23(19)31-30-22)13-20-18-3-1-2-4-21(18)29-24(20)32/h1-14H,(H,29,32)(H,30,31)/b12-8+,20-13+. The summed E-state index contributed by atoms with van der Waals surface area (Å²) in [7, 11) is 0. The second-order valence-corrected chi connectivity index (χ2v) is 7.42. The van der Waals surface area contributed by atoms with Gasteiger partial charge in [-0.15, -0.1) is 0 Å². The molecule has 4 aromatic rings. The number of nitrogens with zero attached hydrogens (tertiary/aromatic N) is 1. The van der Waals surface area contributed by atoms with E-state index < -0.39 is 11.7 Å². The average molecular weight is 431 g/mol. The number of carbonyl (C=O) groups excluding carboxylic acids is 1. The number of alkyl halides is 3. The third-order valence-corrected chi connectivity index (χ3v) is 5.31. The zero-order chi connectivity index (χ0) is 22.3. The van der Waals surface area contributed by atoms with Crippen LogP contribution in [-0.2, 0) is 11.0 Å². The van der Waals surface area contributed by atoms with Crippen molar-refractivity contribution in [2.45, 2.75) is 6.18 Å². The molecule has 4 nitrogen and oxygen atoms in total. The molecule has 0 aliphatic carbocycles. The molecule has 0 bridgehead atoms. The van der Waals surface area contributed by atoms with Gasteiger partial charge in [-0.1, -0.05) is 42.5 Å². The molecule has 1 aliphatic heterocycles. The number of para-hydroxylation sites is 1. The fraction of sp³-hybridized carbons (Fsp3) is 0.0400. The average Bonchev–Trinajstić information content (AvgIpc) is 3.32. The smallest absolute Gasteiger partial charge is 0.321 e. The molecule has 0 fully saturated rings. The fourth-order valence-electron chi connectivity index (χ4n) is 3.68. The number of rotatable bonds is 3. The molecule has 1 amide bonds. The number of nitrogens with one attached hydrogen (secondary N) is 2. The van der Waals surface area contributed by atoms with Crippen molar-refractivity contribution in [3.63, 3.8) is 0 Å².